The summed E-state index contributed by atoms with van der Waals surface area (Å²) in [6.45, 7) is 5.80. The number of benzene rings is 1. The minimum absolute atomic E-state index is 0.0240. The minimum Gasteiger partial charge on any atom is -0.384 e. The Labute approximate surface area is 231 Å². The Morgan fingerprint density at radius 3 is 2.21 bits per heavy atom. The number of carbonyl (C=O) groups is 1. The number of aromatic nitrogens is 3. The number of carbonyl (C=O) groups excluding carboxylic acids is 1. The predicted molar refractivity (Wildman–Crippen MR) is 147 cm³/mol. The molecule has 2 fully saturated rings. The molecule has 2 aromatic heterocycles. The maximum absolute atomic E-state index is 14.1. The van der Waals surface area contributed by atoms with Crippen LogP contribution in [0.3, 0.4) is 0 Å². The van der Waals surface area contributed by atoms with Crippen molar-refractivity contribution in [3.63, 3.8) is 0 Å². The first-order valence-electron chi connectivity index (χ1n) is 12.8. The molecule has 1 aromatic carbocycles. The molecule has 4 heterocycles. The van der Waals surface area contributed by atoms with Crippen LogP contribution in [0.2, 0.25) is 10.0 Å². The predicted octanol–water partition coefficient (Wildman–Crippen LogP) is 3.70. The third-order valence-corrected chi connectivity index (χ3v) is 8.62. The van der Waals surface area contributed by atoms with Crippen LogP contribution in [-0.2, 0) is 17.4 Å². The summed E-state index contributed by atoms with van der Waals surface area (Å²) >= 11 is 12.2. The number of rotatable bonds is 4. The molecule has 1 unspecified atom stereocenters. The van der Waals surface area contributed by atoms with E-state index in [0.717, 1.165) is 11.3 Å². The summed E-state index contributed by atoms with van der Waals surface area (Å²) in [4.78, 5) is 34.4. The summed E-state index contributed by atoms with van der Waals surface area (Å²) in [5.41, 5.74) is 0.334. The van der Waals surface area contributed by atoms with E-state index in [2.05, 4.69) is 10.1 Å². The van der Waals surface area contributed by atoms with Crippen molar-refractivity contribution in [2.75, 3.05) is 31.1 Å². The van der Waals surface area contributed by atoms with Gasteiger partial charge in [0.25, 0.3) is 5.56 Å². The highest BCUT2D eigenvalue weighted by Crippen LogP contribution is 2.43. The van der Waals surface area contributed by atoms with Crippen molar-refractivity contribution in [3.05, 3.63) is 86.4 Å². The van der Waals surface area contributed by atoms with Crippen LogP contribution >= 0.6 is 23.2 Å². The number of pyridine rings is 1. The summed E-state index contributed by atoms with van der Waals surface area (Å²) in [5.74, 6) is -0.266. The van der Waals surface area contributed by atoms with E-state index in [4.69, 9.17) is 23.2 Å². The fraction of sp³-hybridized carbons (Fsp3) is 0.429. The zero-order valence-electron chi connectivity index (χ0n) is 21.6. The minimum atomic E-state index is -1.07. The molecule has 1 N–H and O–H groups in total. The number of anilines is 1. The molecule has 1 amide bonds. The largest absolute Gasteiger partial charge is 0.384 e. The standard InChI is InChI=1S/C28H31Cl2N5O3/c1-17-13-35(14-18(2)28(17,38)19-4-6-20(29)7-5-19)27(37)23-16-34(25-10-11-26(36)33(3)32-25)15-22(23)24-9-8-21(30)12-31-24/h4-12,17-18,22-23,38H,13-16H2,1-3H3/t17-,18+,22-,23-,28?/m1/s1. The number of hydrogen-bond donors (Lipinski definition) is 1. The van der Waals surface area contributed by atoms with E-state index in [1.165, 1.54) is 10.7 Å². The Bertz CT molecular complexity index is 1370. The van der Waals surface area contributed by atoms with Gasteiger partial charge >= 0.3 is 0 Å². The zero-order chi connectivity index (χ0) is 27.2. The van der Waals surface area contributed by atoms with Crippen molar-refractivity contribution in [1.82, 2.24) is 19.7 Å². The van der Waals surface area contributed by atoms with Crippen LogP contribution in [0.5, 0.6) is 0 Å². The Morgan fingerprint density at radius 2 is 1.61 bits per heavy atom. The molecule has 5 rings (SSSR count). The van der Waals surface area contributed by atoms with E-state index >= 15 is 0 Å². The van der Waals surface area contributed by atoms with Crippen LogP contribution in [0.4, 0.5) is 5.82 Å². The molecule has 200 valence electrons. The summed E-state index contributed by atoms with van der Waals surface area (Å²) in [6.07, 6.45) is 1.60. The van der Waals surface area contributed by atoms with Gasteiger partial charge in [-0.25, -0.2) is 4.68 Å². The number of aryl methyl sites for hydroxylation is 1. The van der Waals surface area contributed by atoms with E-state index in [0.29, 0.717) is 42.0 Å². The Balaban J connectivity index is 1.42. The van der Waals surface area contributed by atoms with E-state index in [1.807, 2.05) is 41.8 Å². The van der Waals surface area contributed by atoms with E-state index in [9.17, 15) is 14.7 Å². The van der Waals surface area contributed by atoms with Gasteiger partial charge in [-0.2, -0.15) is 5.10 Å². The Hall–Kier alpha value is -2.94. The molecule has 0 spiro atoms. The van der Waals surface area contributed by atoms with Crippen molar-refractivity contribution in [2.45, 2.75) is 25.4 Å². The van der Waals surface area contributed by atoms with Gasteiger partial charge in [0.05, 0.1) is 16.5 Å². The molecule has 3 aromatic rings. The second-order valence-electron chi connectivity index (χ2n) is 10.6. The van der Waals surface area contributed by atoms with Crippen molar-refractivity contribution in [1.29, 1.82) is 0 Å². The second kappa shape index (κ2) is 10.3. The van der Waals surface area contributed by atoms with E-state index in [1.54, 1.807) is 37.5 Å². The van der Waals surface area contributed by atoms with Gasteiger partial charge in [0.15, 0.2) is 0 Å². The van der Waals surface area contributed by atoms with Crippen molar-refractivity contribution in [3.8, 4) is 0 Å². The van der Waals surface area contributed by atoms with Gasteiger partial charge in [0.2, 0.25) is 5.91 Å². The lowest BCUT2D eigenvalue weighted by Crippen LogP contribution is -2.57. The van der Waals surface area contributed by atoms with Crippen molar-refractivity contribution < 1.29 is 9.90 Å². The van der Waals surface area contributed by atoms with Gasteiger partial charge in [0.1, 0.15) is 5.82 Å². The number of nitrogens with zero attached hydrogens (tertiary/aromatic N) is 5. The maximum atomic E-state index is 14.1. The number of hydrogen-bond acceptors (Lipinski definition) is 6. The highest BCUT2D eigenvalue weighted by Gasteiger charge is 2.49. The summed E-state index contributed by atoms with van der Waals surface area (Å²) in [7, 11) is 1.61. The second-order valence-corrected chi connectivity index (χ2v) is 11.4. The smallest absolute Gasteiger partial charge is 0.266 e. The lowest BCUT2D eigenvalue weighted by Gasteiger charge is -2.48. The Kier molecular flexibility index (Phi) is 7.24. The first-order chi connectivity index (χ1) is 18.1. The molecular formula is C28H31Cl2N5O3. The quantitative estimate of drug-likeness (QED) is 0.527. The van der Waals surface area contributed by atoms with E-state index in [-0.39, 0.29) is 35.1 Å². The van der Waals surface area contributed by atoms with Crippen LogP contribution in [0.1, 0.15) is 31.0 Å². The lowest BCUT2D eigenvalue weighted by molar-refractivity contribution is -0.152. The molecule has 2 saturated heterocycles. The molecule has 8 nitrogen and oxygen atoms in total. The fourth-order valence-electron chi connectivity index (χ4n) is 6.01. The molecule has 2 aliphatic rings. The summed E-state index contributed by atoms with van der Waals surface area (Å²) < 4.78 is 1.30. The van der Waals surface area contributed by atoms with E-state index < -0.39 is 5.60 Å². The van der Waals surface area contributed by atoms with Gasteiger partial charge in [-0.05, 0) is 35.9 Å². The molecule has 10 heteroatoms. The summed E-state index contributed by atoms with van der Waals surface area (Å²) in [5, 5.41) is 17.3. The summed E-state index contributed by atoms with van der Waals surface area (Å²) in [6, 6.07) is 14.1. The van der Waals surface area contributed by atoms with Gasteiger partial charge in [-0.3, -0.25) is 14.6 Å². The van der Waals surface area contributed by atoms with Crippen LogP contribution in [0.15, 0.2) is 59.5 Å². The average Bonchev–Trinajstić information content (AvgIpc) is 3.34. The van der Waals surface area contributed by atoms with Crippen molar-refractivity contribution >= 4 is 34.9 Å². The highest BCUT2D eigenvalue weighted by atomic mass is 35.5. The number of likely N-dealkylation sites (tertiary alicyclic amines) is 1. The molecule has 5 atom stereocenters. The first kappa shape index (κ1) is 26.7. The highest BCUT2D eigenvalue weighted by molar-refractivity contribution is 6.30. The lowest BCUT2D eigenvalue weighted by atomic mass is 9.70. The van der Waals surface area contributed by atoms with Crippen LogP contribution in [0.25, 0.3) is 0 Å². The molecular weight excluding hydrogens is 525 g/mol. The topological polar surface area (TPSA) is 91.6 Å². The molecule has 38 heavy (non-hydrogen) atoms. The molecule has 0 radical (unpaired) electrons. The van der Waals surface area contributed by atoms with Gasteiger partial charge in [0, 0.05) is 74.0 Å². The number of halogens is 2. The number of amides is 1. The maximum Gasteiger partial charge on any atom is 0.266 e. The number of aliphatic hydroxyl groups is 1. The zero-order valence-corrected chi connectivity index (χ0v) is 23.1. The Morgan fingerprint density at radius 1 is 0.947 bits per heavy atom. The first-order valence-corrected chi connectivity index (χ1v) is 13.5. The molecule has 0 aliphatic carbocycles. The number of piperidine rings is 1. The third-order valence-electron chi connectivity index (χ3n) is 8.15. The molecule has 2 aliphatic heterocycles. The van der Waals surface area contributed by atoms with Crippen LogP contribution in [-0.4, -0.2) is 56.9 Å². The molecule has 0 saturated carbocycles. The van der Waals surface area contributed by atoms with Gasteiger partial charge in [-0.15, -0.1) is 0 Å². The third kappa shape index (κ3) is 4.81. The van der Waals surface area contributed by atoms with Gasteiger partial charge < -0.3 is 14.9 Å². The van der Waals surface area contributed by atoms with Crippen LogP contribution < -0.4 is 10.5 Å². The normalized spacial score (nSPS) is 27.5. The van der Waals surface area contributed by atoms with Crippen LogP contribution in [0, 0.1) is 17.8 Å². The molecule has 0 bridgehead atoms. The average molecular weight is 556 g/mol. The fourth-order valence-corrected chi connectivity index (χ4v) is 6.24. The van der Waals surface area contributed by atoms with Crippen molar-refractivity contribution in [2.24, 2.45) is 24.8 Å². The van der Waals surface area contributed by atoms with Gasteiger partial charge in [-0.1, -0.05) is 49.2 Å². The SMILES string of the molecule is C[C@@H]1CN(C(=O)[C@@H]2CN(c3ccc(=O)n(C)n3)C[C@H]2c2ccc(Cl)cn2)C[C@H](C)C1(O)c1ccc(Cl)cc1. The monoisotopic (exact) mass is 555 g/mol.